The van der Waals surface area contributed by atoms with Crippen molar-refractivity contribution in [1.82, 2.24) is 0 Å². The second-order valence-electron chi connectivity index (χ2n) is 7.56. The van der Waals surface area contributed by atoms with Crippen LogP contribution in [-0.2, 0) is 22.4 Å². The van der Waals surface area contributed by atoms with Gasteiger partial charge in [0.15, 0.2) is 0 Å². The molecule has 130 valence electrons. The Kier molecular flexibility index (Phi) is 8.49. The van der Waals surface area contributed by atoms with Crippen LogP contribution >= 0.6 is 7.92 Å². The van der Waals surface area contributed by atoms with Crippen molar-refractivity contribution in [2.24, 2.45) is 0 Å². The summed E-state index contributed by atoms with van der Waals surface area (Å²) in [6.45, 7) is 14.3. The van der Waals surface area contributed by atoms with Crippen LogP contribution in [0.1, 0.15) is 41.5 Å². The van der Waals surface area contributed by atoms with Gasteiger partial charge >= 0.3 is 22.4 Å². The predicted molar refractivity (Wildman–Crippen MR) is 104 cm³/mol. The van der Waals surface area contributed by atoms with Crippen molar-refractivity contribution < 1.29 is 22.4 Å². The molecule has 0 nitrogen and oxygen atoms in total. The minimum absolute atomic E-state index is 0. The first-order valence-electron chi connectivity index (χ1n) is 7.66. The Morgan fingerprint density at radius 1 is 0.652 bits per heavy atom. The fraction of sp³-hybridized carbons (Fsp3) is 0.381. The van der Waals surface area contributed by atoms with E-state index >= 15 is 0 Å². The molecule has 0 saturated carbocycles. The van der Waals surface area contributed by atoms with Crippen LogP contribution in [0.4, 0.5) is 0 Å². The maximum absolute atomic E-state index is 2.38. The summed E-state index contributed by atoms with van der Waals surface area (Å²) >= 11 is 0. The van der Waals surface area contributed by atoms with Gasteiger partial charge in [0.2, 0.25) is 0 Å². The Balaban J connectivity index is 0.00000242. The molecule has 23 heavy (non-hydrogen) atoms. The molecule has 0 radical (unpaired) electrons. The molecule has 2 aromatic rings. The van der Waals surface area contributed by atoms with Crippen molar-refractivity contribution in [3.8, 4) is 11.1 Å². The van der Waals surface area contributed by atoms with Crippen LogP contribution in [0.2, 0.25) is 0 Å². The average Bonchev–Trinajstić information content (AvgIpc) is 2.37. The molecule has 2 rings (SSSR count). The summed E-state index contributed by atoms with van der Waals surface area (Å²) in [4.78, 5) is 0. The summed E-state index contributed by atoms with van der Waals surface area (Å²) in [5.74, 6) is 0. The summed E-state index contributed by atoms with van der Waals surface area (Å²) in [5.41, 5.74) is 2.73. The molecule has 0 bridgehead atoms. The Labute approximate surface area is 160 Å². The third kappa shape index (κ3) is 5.57. The SMILES string of the molecule is CC(C)(C)P(c1ccccc1-c1ccccc1)C(C)(C)C.[Au+].[CH3-]. The van der Waals surface area contributed by atoms with E-state index < -0.39 is 0 Å². The van der Waals surface area contributed by atoms with Crippen molar-refractivity contribution in [2.75, 3.05) is 0 Å². The van der Waals surface area contributed by atoms with Gasteiger partial charge in [0.1, 0.15) is 0 Å². The zero-order valence-electron chi connectivity index (χ0n) is 15.4. The molecule has 0 aliphatic heterocycles. The van der Waals surface area contributed by atoms with Gasteiger partial charge in [0.25, 0.3) is 0 Å². The van der Waals surface area contributed by atoms with Crippen LogP contribution in [0.15, 0.2) is 54.6 Å². The van der Waals surface area contributed by atoms with Gasteiger partial charge < -0.3 is 7.43 Å². The van der Waals surface area contributed by atoms with Crippen LogP contribution in [0.25, 0.3) is 11.1 Å². The maximum atomic E-state index is 2.38. The van der Waals surface area contributed by atoms with Crippen LogP contribution in [0.5, 0.6) is 0 Å². The van der Waals surface area contributed by atoms with Crippen molar-refractivity contribution in [1.29, 1.82) is 0 Å². The molecule has 0 amide bonds. The first-order chi connectivity index (χ1) is 9.71. The third-order valence-corrected chi connectivity index (χ3v) is 7.13. The van der Waals surface area contributed by atoms with Crippen LogP contribution in [0.3, 0.4) is 0 Å². The normalized spacial score (nSPS) is 11.6. The van der Waals surface area contributed by atoms with Crippen molar-refractivity contribution >= 4 is 13.2 Å². The van der Waals surface area contributed by atoms with E-state index in [1.54, 1.807) is 0 Å². The average molecular weight is 510 g/mol. The molecule has 0 aliphatic rings. The standard InChI is InChI=1S/C20H27P.CH3.Au/c1-19(2,3)21(20(4,5)6)18-15-11-10-14-17(18)16-12-8-7-9-13-16;;/h7-15H,1-6H3;1H3;/q;-1;+1. The summed E-state index contributed by atoms with van der Waals surface area (Å²) in [7, 11) is -0.282. The molecule has 2 heteroatoms. The molecule has 0 aliphatic carbocycles. The Morgan fingerprint density at radius 2 is 1.09 bits per heavy atom. The van der Waals surface area contributed by atoms with Gasteiger partial charge in [-0.2, -0.15) is 0 Å². The molecule has 0 heterocycles. The van der Waals surface area contributed by atoms with E-state index in [0.717, 1.165) is 0 Å². The van der Waals surface area contributed by atoms with E-state index in [9.17, 15) is 0 Å². The van der Waals surface area contributed by atoms with E-state index in [0.29, 0.717) is 10.3 Å². The molecule has 0 atom stereocenters. The topological polar surface area (TPSA) is 0 Å². The molecule has 0 unspecified atom stereocenters. The molecule has 0 saturated heterocycles. The van der Waals surface area contributed by atoms with Crippen LogP contribution in [0, 0.1) is 7.43 Å². The molecule has 0 N–H and O–H groups in total. The second kappa shape index (κ2) is 8.63. The van der Waals surface area contributed by atoms with Gasteiger partial charge in [-0.15, -0.1) is 0 Å². The van der Waals surface area contributed by atoms with Crippen LogP contribution < -0.4 is 5.30 Å². The van der Waals surface area contributed by atoms with E-state index in [2.05, 4.69) is 96.1 Å². The van der Waals surface area contributed by atoms with Gasteiger partial charge in [-0.3, -0.25) is 0 Å². The van der Waals surface area contributed by atoms with Crippen molar-refractivity contribution in [3.05, 3.63) is 62.0 Å². The minimum Gasteiger partial charge on any atom is -0.358 e. The summed E-state index contributed by atoms with van der Waals surface area (Å²) in [6, 6.07) is 19.7. The Morgan fingerprint density at radius 3 is 1.57 bits per heavy atom. The molecule has 2 aromatic carbocycles. The van der Waals surface area contributed by atoms with Crippen LogP contribution in [-0.4, -0.2) is 10.3 Å². The zero-order valence-corrected chi connectivity index (χ0v) is 18.5. The smallest absolute Gasteiger partial charge is 0.358 e. The molecular formula is C21H30AuP. The monoisotopic (exact) mass is 510 g/mol. The predicted octanol–water partition coefficient (Wildman–Crippen LogP) is 6.51. The maximum Gasteiger partial charge on any atom is 1.00 e. The third-order valence-electron chi connectivity index (χ3n) is 3.57. The zero-order chi connectivity index (χ0) is 15.7. The van der Waals surface area contributed by atoms with Gasteiger partial charge in [-0.05, 0) is 26.7 Å². The van der Waals surface area contributed by atoms with Crippen molar-refractivity contribution in [2.45, 2.75) is 51.9 Å². The van der Waals surface area contributed by atoms with E-state index in [1.165, 1.54) is 16.4 Å². The van der Waals surface area contributed by atoms with E-state index in [-0.39, 0.29) is 37.7 Å². The molecule has 0 spiro atoms. The summed E-state index contributed by atoms with van der Waals surface area (Å²) < 4.78 is 0. The first-order valence-corrected chi connectivity index (χ1v) is 9.00. The number of hydrogen-bond donors (Lipinski definition) is 0. The summed E-state index contributed by atoms with van der Waals surface area (Å²) in [6.07, 6.45) is 0. The molecule has 0 fully saturated rings. The minimum atomic E-state index is -0.282. The van der Waals surface area contributed by atoms with Crippen molar-refractivity contribution in [3.63, 3.8) is 0 Å². The van der Waals surface area contributed by atoms with Gasteiger partial charge in [-0.25, -0.2) is 0 Å². The van der Waals surface area contributed by atoms with E-state index in [4.69, 9.17) is 0 Å². The number of hydrogen-bond acceptors (Lipinski definition) is 0. The number of benzene rings is 2. The summed E-state index contributed by atoms with van der Waals surface area (Å²) in [5, 5.41) is 2.11. The fourth-order valence-corrected chi connectivity index (χ4v) is 7.40. The number of rotatable bonds is 2. The quantitative estimate of drug-likeness (QED) is 0.246. The van der Waals surface area contributed by atoms with Gasteiger partial charge in [-0.1, -0.05) is 104 Å². The first kappa shape index (κ1) is 22.6. The van der Waals surface area contributed by atoms with Gasteiger partial charge in [0.05, 0.1) is 0 Å². The second-order valence-corrected chi connectivity index (χ2v) is 11.4. The molecular weight excluding hydrogens is 480 g/mol. The van der Waals surface area contributed by atoms with Gasteiger partial charge in [0, 0.05) is 0 Å². The van der Waals surface area contributed by atoms with E-state index in [1.807, 2.05) is 0 Å². The fourth-order valence-electron chi connectivity index (χ4n) is 3.26. The Bertz CT molecular complexity index is 577. The Hall–Kier alpha value is -0.390. The molecule has 0 aromatic heterocycles. The largest absolute Gasteiger partial charge is 1.00 e.